The van der Waals surface area contributed by atoms with Crippen LogP contribution in [0.1, 0.15) is 18.4 Å². The summed E-state index contributed by atoms with van der Waals surface area (Å²) in [4.78, 5) is 15.1. The minimum Gasteiger partial charge on any atom is -0.417 e. The molecule has 1 aliphatic carbocycles. The van der Waals surface area contributed by atoms with Gasteiger partial charge in [-0.1, -0.05) is 0 Å². The third kappa shape index (κ3) is 4.01. The molecule has 2 amide bonds. The molecular weight excluding hydrogens is 275 g/mol. The van der Waals surface area contributed by atoms with Crippen LogP contribution in [0.25, 0.3) is 0 Å². The van der Waals surface area contributed by atoms with Crippen LogP contribution < -0.4 is 15.4 Å². The van der Waals surface area contributed by atoms with E-state index in [9.17, 15) is 18.0 Å². The maximum absolute atomic E-state index is 12.9. The lowest BCUT2D eigenvalue weighted by Gasteiger charge is -2.30. The fourth-order valence-corrected chi connectivity index (χ4v) is 1.74. The van der Waals surface area contributed by atoms with E-state index in [0.717, 1.165) is 0 Å². The van der Waals surface area contributed by atoms with Crippen LogP contribution in [0.15, 0.2) is 18.3 Å². The number of urea groups is 1. The first-order valence-electron chi connectivity index (χ1n) is 6.13. The second-order valence-electron chi connectivity index (χ2n) is 4.41. The Hall–Kier alpha value is -1.99. The van der Waals surface area contributed by atoms with Gasteiger partial charge in [-0.3, -0.25) is 0 Å². The molecule has 1 aromatic heterocycles. The van der Waals surface area contributed by atoms with Gasteiger partial charge in [0.25, 0.3) is 0 Å². The molecule has 0 unspecified atom stereocenters. The topological polar surface area (TPSA) is 63.2 Å². The number of halogens is 3. The van der Waals surface area contributed by atoms with E-state index in [4.69, 9.17) is 0 Å². The minimum atomic E-state index is -2.95. The van der Waals surface area contributed by atoms with Crippen molar-refractivity contribution >= 4 is 6.03 Å². The Labute approximate surface area is 113 Å². The number of nitrogens with one attached hydrogen (secondary N) is 2. The number of ether oxygens (including phenoxy) is 1. The van der Waals surface area contributed by atoms with Gasteiger partial charge in [-0.2, -0.15) is 8.78 Å². The van der Waals surface area contributed by atoms with E-state index < -0.39 is 24.9 Å². The molecule has 1 aliphatic rings. The van der Waals surface area contributed by atoms with Gasteiger partial charge in [0.15, 0.2) is 0 Å². The lowest BCUT2D eigenvalue weighted by atomic mass is 9.91. The maximum atomic E-state index is 12.9. The molecule has 1 aromatic rings. The molecule has 1 heterocycles. The normalized spacial score (nSPS) is 21.2. The second-order valence-corrected chi connectivity index (χ2v) is 4.41. The molecular formula is C12H14F3N3O2. The third-order valence-corrected chi connectivity index (χ3v) is 2.97. The Bertz CT molecular complexity index is 473. The van der Waals surface area contributed by atoms with Crippen molar-refractivity contribution < 1.29 is 22.7 Å². The number of hydrogen-bond donors (Lipinski definition) is 2. The highest BCUT2D eigenvalue weighted by atomic mass is 19.3. The fourth-order valence-electron chi connectivity index (χ4n) is 1.74. The molecule has 110 valence electrons. The summed E-state index contributed by atoms with van der Waals surface area (Å²) in [6.45, 7) is -2.84. The first-order chi connectivity index (χ1) is 9.54. The summed E-state index contributed by atoms with van der Waals surface area (Å²) in [7, 11) is 0. The largest absolute Gasteiger partial charge is 0.417 e. The van der Waals surface area contributed by atoms with Crippen LogP contribution in [-0.2, 0) is 6.54 Å². The number of nitrogens with zero attached hydrogens (tertiary/aromatic N) is 1. The van der Waals surface area contributed by atoms with E-state index in [0.29, 0.717) is 18.4 Å². The Balaban J connectivity index is 1.79. The van der Waals surface area contributed by atoms with E-state index in [2.05, 4.69) is 20.4 Å². The van der Waals surface area contributed by atoms with Gasteiger partial charge in [0.05, 0.1) is 6.04 Å². The Morgan fingerprint density at radius 3 is 2.90 bits per heavy atom. The first-order valence-corrected chi connectivity index (χ1v) is 6.13. The average molecular weight is 289 g/mol. The summed E-state index contributed by atoms with van der Waals surface area (Å²) >= 11 is 0. The zero-order chi connectivity index (χ0) is 14.5. The van der Waals surface area contributed by atoms with Gasteiger partial charge in [0.1, 0.15) is 6.17 Å². The maximum Gasteiger partial charge on any atom is 0.388 e. The monoisotopic (exact) mass is 289 g/mol. The Morgan fingerprint density at radius 2 is 2.30 bits per heavy atom. The lowest BCUT2D eigenvalue weighted by molar-refractivity contribution is -0.0529. The van der Waals surface area contributed by atoms with E-state index in [1.165, 1.54) is 12.3 Å². The quantitative estimate of drug-likeness (QED) is 0.871. The van der Waals surface area contributed by atoms with Crippen LogP contribution in [0, 0.1) is 0 Å². The number of pyridine rings is 1. The molecule has 1 saturated carbocycles. The molecule has 2 atom stereocenters. The third-order valence-electron chi connectivity index (χ3n) is 2.97. The van der Waals surface area contributed by atoms with Crippen molar-refractivity contribution in [1.29, 1.82) is 0 Å². The predicted octanol–water partition coefficient (Wildman–Crippen LogP) is 1.98. The summed E-state index contributed by atoms with van der Waals surface area (Å²) in [5.41, 5.74) is 0.552. The first kappa shape index (κ1) is 14.4. The number of rotatable bonds is 5. The number of amides is 2. The standard InChI is InChI=1S/C12H14F3N3O2/c13-8-1-2-9(8)18-12(19)17-6-7-3-4-16-10(5-7)20-11(14)15/h3-5,8-9,11H,1-2,6H2,(H2,17,18,19)/t8-,9+/m0/s1. The van der Waals surface area contributed by atoms with Gasteiger partial charge < -0.3 is 15.4 Å². The van der Waals surface area contributed by atoms with E-state index >= 15 is 0 Å². The number of hydrogen-bond acceptors (Lipinski definition) is 3. The number of carbonyl (C=O) groups excluding carboxylic acids is 1. The molecule has 1 fully saturated rings. The van der Waals surface area contributed by atoms with Crippen molar-refractivity contribution in [3.05, 3.63) is 23.9 Å². The number of aromatic nitrogens is 1. The zero-order valence-corrected chi connectivity index (χ0v) is 10.5. The van der Waals surface area contributed by atoms with E-state index in [1.54, 1.807) is 6.07 Å². The summed E-state index contributed by atoms with van der Waals surface area (Å²) in [6.07, 6.45) is 1.39. The number of carbonyl (C=O) groups is 1. The molecule has 0 saturated heterocycles. The Morgan fingerprint density at radius 1 is 1.50 bits per heavy atom. The van der Waals surface area contributed by atoms with Crippen LogP contribution in [0.4, 0.5) is 18.0 Å². The minimum absolute atomic E-state index is 0.109. The highest BCUT2D eigenvalue weighted by molar-refractivity contribution is 5.74. The molecule has 0 bridgehead atoms. The van der Waals surface area contributed by atoms with E-state index in [1.807, 2.05) is 0 Å². The molecule has 0 aliphatic heterocycles. The van der Waals surface area contributed by atoms with Crippen molar-refractivity contribution in [2.45, 2.75) is 38.2 Å². The lowest BCUT2D eigenvalue weighted by Crippen LogP contribution is -2.51. The SMILES string of the molecule is O=C(NCc1ccnc(OC(F)F)c1)N[C@@H]1CC[C@@H]1F. The number of alkyl halides is 3. The fraction of sp³-hybridized carbons (Fsp3) is 0.500. The van der Waals surface area contributed by atoms with Crippen molar-refractivity contribution in [1.82, 2.24) is 15.6 Å². The van der Waals surface area contributed by atoms with Crippen molar-refractivity contribution in [2.75, 3.05) is 0 Å². The smallest absolute Gasteiger partial charge is 0.388 e. The van der Waals surface area contributed by atoms with Crippen LogP contribution in [0.2, 0.25) is 0 Å². The van der Waals surface area contributed by atoms with E-state index in [-0.39, 0.29) is 12.4 Å². The van der Waals surface area contributed by atoms with Gasteiger partial charge >= 0.3 is 12.6 Å². The molecule has 8 heteroatoms. The molecule has 20 heavy (non-hydrogen) atoms. The predicted molar refractivity (Wildman–Crippen MR) is 64.2 cm³/mol. The zero-order valence-electron chi connectivity index (χ0n) is 10.5. The van der Waals surface area contributed by atoms with Crippen molar-refractivity contribution in [3.8, 4) is 5.88 Å². The van der Waals surface area contributed by atoms with Crippen LogP contribution in [0.5, 0.6) is 5.88 Å². The van der Waals surface area contributed by atoms with Crippen molar-refractivity contribution in [2.24, 2.45) is 0 Å². The van der Waals surface area contributed by atoms with Crippen LogP contribution in [0.3, 0.4) is 0 Å². The molecule has 2 rings (SSSR count). The molecule has 0 aromatic carbocycles. The summed E-state index contributed by atoms with van der Waals surface area (Å²) in [5.74, 6) is -0.220. The van der Waals surface area contributed by atoms with Gasteiger partial charge in [-0.15, -0.1) is 0 Å². The highest BCUT2D eigenvalue weighted by Crippen LogP contribution is 2.22. The second kappa shape index (κ2) is 6.44. The molecule has 0 radical (unpaired) electrons. The average Bonchev–Trinajstić information content (AvgIpc) is 2.40. The van der Waals surface area contributed by atoms with Crippen LogP contribution in [-0.4, -0.2) is 29.8 Å². The molecule has 2 N–H and O–H groups in total. The Kier molecular flexibility index (Phi) is 4.65. The van der Waals surface area contributed by atoms with Gasteiger partial charge in [-0.05, 0) is 24.5 Å². The summed E-state index contributed by atoms with van der Waals surface area (Å²) in [6, 6.07) is 1.92. The summed E-state index contributed by atoms with van der Waals surface area (Å²) in [5, 5.41) is 5.00. The highest BCUT2D eigenvalue weighted by Gasteiger charge is 2.31. The van der Waals surface area contributed by atoms with Gasteiger partial charge in [-0.25, -0.2) is 14.2 Å². The van der Waals surface area contributed by atoms with Gasteiger partial charge in [0.2, 0.25) is 5.88 Å². The summed E-state index contributed by atoms with van der Waals surface area (Å²) < 4.78 is 41.1. The van der Waals surface area contributed by atoms with Crippen LogP contribution >= 0.6 is 0 Å². The molecule has 5 nitrogen and oxygen atoms in total. The van der Waals surface area contributed by atoms with Crippen molar-refractivity contribution in [3.63, 3.8) is 0 Å². The molecule has 0 spiro atoms. The van der Waals surface area contributed by atoms with Gasteiger partial charge in [0, 0.05) is 18.8 Å².